The fourth-order valence-corrected chi connectivity index (χ4v) is 2.45. The molecule has 0 spiro atoms. The molecule has 102 valence electrons. The van der Waals surface area contributed by atoms with E-state index in [0.29, 0.717) is 6.04 Å². The highest BCUT2D eigenvalue weighted by atomic mass is 16.2. The largest absolute Gasteiger partial charge is 0.352 e. The predicted molar refractivity (Wildman–Crippen MR) is 75.1 cm³/mol. The first kappa shape index (κ1) is 15.0. The number of carbonyl (C=O) groups excluding carboxylic acids is 1. The summed E-state index contributed by atoms with van der Waals surface area (Å²) in [6.45, 7) is 3.98. The first-order valence-electron chi connectivity index (χ1n) is 7.20. The highest BCUT2D eigenvalue weighted by Crippen LogP contribution is 2.17. The van der Waals surface area contributed by atoms with E-state index in [9.17, 15) is 4.79 Å². The van der Waals surface area contributed by atoms with Crippen LogP contribution in [0.3, 0.4) is 0 Å². The third-order valence-corrected chi connectivity index (χ3v) is 3.57. The van der Waals surface area contributed by atoms with Crippen LogP contribution >= 0.6 is 0 Å². The minimum atomic E-state index is -0.209. The summed E-state index contributed by atoms with van der Waals surface area (Å²) in [5.74, 6) is 2.78. The molecule has 1 amide bonds. The molecule has 0 bridgehead atoms. The second-order valence-electron chi connectivity index (χ2n) is 5.24. The normalized spacial score (nSPS) is 19.8. The van der Waals surface area contributed by atoms with Gasteiger partial charge >= 0.3 is 0 Å². The Labute approximate surface area is 111 Å². The fraction of sp³-hybridized carbons (Fsp3) is 0.800. The molecule has 3 heteroatoms. The zero-order valence-corrected chi connectivity index (χ0v) is 11.7. The summed E-state index contributed by atoms with van der Waals surface area (Å²) in [5, 5.41) is 6.33. The van der Waals surface area contributed by atoms with Crippen molar-refractivity contribution < 1.29 is 4.79 Å². The average Bonchev–Trinajstić information content (AvgIpc) is 2.39. The first-order chi connectivity index (χ1) is 8.67. The van der Waals surface area contributed by atoms with Crippen molar-refractivity contribution in [3.63, 3.8) is 0 Å². The van der Waals surface area contributed by atoms with Crippen LogP contribution in [0.2, 0.25) is 0 Å². The maximum Gasteiger partial charge on any atom is 0.237 e. The monoisotopic (exact) mass is 250 g/mol. The quantitative estimate of drug-likeness (QED) is 0.710. The zero-order valence-electron chi connectivity index (χ0n) is 11.7. The Bertz CT molecular complexity index is 289. The van der Waals surface area contributed by atoms with E-state index in [4.69, 9.17) is 6.42 Å². The van der Waals surface area contributed by atoms with Gasteiger partial charge in [0.1, 0.15) is 0 Å². The van der Waals surface area contributed by atoms with Gasteiger partial charge in [0.05, 0.1) is 12.1 Å². The van der Waals surface area contributed by atoms with Crippen molar-refractivity contribution in [2.75, 3.05) is 0 Å². The van der Waals surface area contributed by atoms with Crippen LogP contribution in [0.1, 0.15) is 58.8 Å². The van der Waals surface area contributed by atoms with Gasteiger partial charge in [0, 0.05) is 6.04 Å². The Balaban J connectivity index is 2.33. The standard InChI is InChI=1S/C15H26N2O/c1-4-9-13(5-2)16-12(3)15(18)17-14-10-7-6-8-11-14/h2,12-14,16H,4,6-11H2,1,3H3,(H,17,18). The molecule has 0 radical (unpaired) electrons. The lowest BCUT2D eigenvalue weighted by atomic mass is 9.95. The van der Waals surface area contributed by atoms with Crippen molar-refractivity contribution in [3.05, 3.63) is 0 Å². The van der Waals surface area contributed by atoms with Gasteiger partial charge in [-0.1, -0.05) is 38.5 Å². The van der Waals surface area contributed by atoms with Gasteiger partial charge in [-0.2, -0.15) is 0 Å². The first-order valence-corrected chi connectivity index (χ1v) is 7.20. The molecule has 0 heterocycles. The summed E-state index contributed by atoms with van der Waals surface area (Å²) in [5.41, 5.74) is 0. The molecule has 1 fully saturated rings. The van der Waals surface area contributed by atoms with Crippen molar-refractivity contribution in [3.8, 4) is 12.3 Å². The molecule has 18 heavy (non-hydrogen) atoms. The number of nitrogens with one attached hydrogen (secondary N) is 2. The van der Waals surface area contributed by atoms with E-state index in [0.717, 1.165) is 25.7 Å². The van der Waals surface area contributed by atoms with Crippen LogP contribution in [-0.2, 0) is 4.79 Å². The topological polar surface area (TPSA) is 41.1 Å². The number of terminal acetylenes is 1. The Hall–Kier alpha value is -1.01. The molecule has 2 N–H and O–H groups in total. The molecule has 3 nitrogen and oxygen atoms in total. The summed E-state index contributed by atoms with van der Waals surface area (Å²) in [4.78, 5) is 12.0. The van der Waals surface area contributed by atoms with Crippen LogP contribution in [0.15, 0.2) is 0 Å². The molecular formula is C15H26N2O. The number of hydrogen-bond donors (Lipinski definition) is 2. The summed E-state index contributed by atoms with van der Waals surface area (Å²) in [7, 11) is 0. The summed E-state index contributed by atoms with van der Waals surface area (Å²) in [6.07, 6.45) is 13.4. The second-order valence-corrected chi connectivity index (χ2v) is 5.24. The molecule has 0 aromatic rings. The predicted octanol–water partition coefficient (Wildman–Crippen LogP) is 2.22. The summed E-state index contributed by atoms with van der Waals surface area (Å²) in [6, 6.07) is 0.160. The molecule has 0 aromatic carbocycles. The highest BCUT2D eigenvalue weighted by Gasteiger charge is 2.20. The molecule has 1 saturated carbocycles. The fourth-order valence-electron chi connectivity index (χ4n) is 2.45. The van der Waals surface area contributed by atoms with Crippen molar-refractivity contribution in [2.24, 2.45) is 0 Å². The lowest BCUT2D eigenvalue weighted by Gasteiger charge is -2.25. The van der Waals surface area contributed by atoms with Gasteiger partial charge < -0.3 is 5.32 Å². The number of rotatable bonds is 6. The van der Waals surface area contributed by atoms with Crippen LogP contribution in [0.5, 0.6) is 0 Å². The SMILES string of the molecule is C#CC(CCC)NC(C)C(=O)NC1CCCCC1. The van der Waals surface area contributed by atoms with E-state index in [-0.39, 0.29) is 18.0 Å². The molecule has 2 atom stereocenters. The van der Waals surface area contributed by atoms with E-state index in [1.54, 1.807) is 0 Å². The van der Waals surface area contributed by atoms with Gasteiger partial charge in [-0.25, -0.2) is 0 Å². The molecule has 0 aromatic heterocycles. The van der Waals surface area contributed by atoms with Gasteiger partial charge in [0.25, 0.3) is 0 Å². The molecule has 0 aliphatic heterocycles. The third-order valence-electron chi connectivity index (χ3n) is 3.57. The van der Waals surface area contributed by atoms with Crippen LogP contribution in [0.4, 0.5) is 0 Å². The molecule has 1 aliphatic carbocycles. The number of amides is 1. The smallest absolute Gasteiger partial charge is 0.237 e. The van der Waals surface area contributed by atoms with Crippen molar-refractivity contribution in [1.29, 1.82) is 0 Å². The van der Waals surface area contributed by atoms with Crippen molar-refractivity contribution in [2.45, 2.75) is 76.9 Å². The van der Waals surface area contributed by atoms with Gasteiger partial charge in [0.2, 0.25) is 5.91 Å². The van der Waals surface area contributed by atoms with Crippen LogP contribution in [0, 0.1) is 12.3 Å². The van der Waals surface area contributed by atoms with Gasteiger partial charge in [0.15, 0.2) is 0 Å². The Kier molecular flexibility index (Phi) is 6.82. The van der Waals surface area contributed by atoms with Crippen LogP contribution in [0.25, 0.3) is 0 Å². The maximum atomic E-state index is 12.0. The Morgan fingerprint density at radius 1 is 1.39 bits per heavy atom. The average molecular weight is 250 g/mol. The Morgan fingerprint density at radius 3 is 2.61 bits per heavy atom. The summed E-state index contributed by atoms with van der Waals surface area (Å²) >= 11 is 0. The third kappa shape index (κ3) is 5.10. The van der Waals surface area contributed by atoms with Gasteiger partial charge in [-0.05, 0) is 26.2 Å². The zero-order chi connectivity index (χ0) is 13.4. The lowest BCUT2D eigenvalue weighted by Crippen LogP contribution is -2.49. The minimum absolute atomic E-state index is 0.00195. The van der Waals surface area contributed by atoms with E-state index in [2.05, 4.69) is 23.5 Å². The van der Waals surface area contributed by atoms with E-state index in [1.807, 2.05) is 6.92 Å². The van der Waals surface area contributed by atoms with Gasteiger partial charge in [-0.3, -0.25) is 10.1 Å². The molecule has 0 saturated heterocycles. The van der Waals surface area contributed by atoms with Crippen molar-refractivity contribution in [1.82, 2.24) is 10.6 Å². The molecular weight excluding hydrogens is 224 g/mol. The Morgan fingerprint density at radius 2 is 2.06 bits per heavy atom. The number of hydrogen-bond acceptors (Lipinski definition) is 2. The van der Waals surface area contributed by atoms with Crippen molar-refractivity contribution >= 4 is 5.91 Å². The highest BCUT2D eigenvalue weighted by molar-refractivity contribution is 5.81. The molecule has 1 rings (SSSR count). The van der Waals surface area contributed by atoms with Crippen LogP contribution in [-0.4, -0.2) is 24.0 Å². The molecule has 1 aliphatic rings. The number of carbonyl (C=O) groups is 1. The van der Waals surface area contributed by atoms with Gasteiger partial charge in [-0.15, -0.1) is 6.42 Å². The van der Waals surface area contributed by atoms with E-state index >= 15 is 0 Å². The van der Waals surface area contributed by atoms with E-state index in [1.165, 1.54) is 19.3 Å². The summed E-state index contributed by atoms with van der Waals surface area (Å²) < 4.78 is 0. The minimum Gasteiger partial charge on any atom is -0.352 e. The van der Waals surface area contributed by atoms with E-state index < -0.39 is 0 Å². The maximum absolute atomic E-state index is 12.0. The lowest BCUT2D eigenvalue weighted by molar-refractivity contribution is -0.123. The molecule has 2 unspecified atom stereocenters. The van der Waals surface area contributed by atoms with Crippen LogP contribution < -0.4 is 10.6 Å². The second kappa shape index (κ2) is 8.16.